The lowest BCUT2D eigenvalue weighted by molar-refractivity contribution is 0.111. The first-order valence-corrected chi connectivity index (χ1v) is 6.58. The molecular weight excluding hydrogens is 226 g/mol. The topological polar surface area (TPSA) is 41.5 Å². The van der Waals surface area contributed by atoms with E-state index >= 15 is 0 Å². The number of rotatable bonds is 7. The molecule has 0 bridgehead atoms. The lowest BCUT2D eigenvalue weighted by Gasteiger charge is -2.10. The van der Waals surface area contributed by atoms with Gasteiger partial charge >= 0.3 is 0 Å². The summed E-state index contributed by atoms with van der Waals surface area (Å²) in [6, 6.07) is 4.04. The molecule has 18 heavy (non-hydrogen) atoms. The molecule has 2 N–H and O–H groups in total. The van der Waals surface area contributed by atoms with Crippen molar-refractivity contribution >= 4 is 0 Å². The van der Waals surface area contributed by atoms with Crippen LogP contribution in [0.25, 0.3) is 0 Å². The summed E-state index contributed by atoms with van der Waals surface area (Å²) < 4.78 is 5.50. The van der Waals surface area contributed by atoms with Crippen LogP contribution in [-0.2, 0) is 11.3 Å². The van der Waals surface area contributed by atoms with E-state index in [1.807, 2.05) is 26.0 Å². The number of phenols is 1. The van der Waals surface area contributed by atoms with Crippen molar-refractivity contribution in [3.63, 3.8) is 0 Å². The molecule has 102 valence electrons. The number of ether oxygens (including phenoxy) is 1. The predicted molar refractivity (Wildman–Crippen MR) is 74.9 cm³/mol. The average Bonchev–Trinajstić information content (AvgIpc) is 2.30. The Morgan fingerprint density at radius 2 is 1.83 bits per heavy atom. The SMILES string of the molecule is Cc1cc(CNCCOCC(C)C)cc(C)c1O. The smallest absolute Gasteiger partial charge is 0.121 e. The van der Waals surface area contributed by atoms with E-state index in [0.29, 0.717) is 11.7 Å². The van der Waals surface area contributed by atoms with Crippen LogP contribution in [0.15, 0.2) is 12.1 Å². The maximum atomic E-state index is 9.68. The van der Waals surface area contributed by atoms with Gasteiger partial charge in [-0.1, -0.05) is 26.0 Å². The van der Waals surface area contributed by atoms with Gasteiger partial charge in [-0.3, -0.25) is 0 Å². The second-order valence-corrected chi connectivity index (χ2v) is 5.22. The summed E-state index contributed by atoms with van der Waals surface area (Å²) in [5.74, 6) is 0.992. The van der Waals surface area contributed by atoms with Crippen LogP contribution in [0.3, 0.4) is 0 Å². The molecular formula is C15H25NO2. The highest BCUT2D eigenvalue weighted by Crippen LogP contribution is 2.22. The number of hydrogen-bond acceptors (Lipinski definition) is 3. The Hall–Kier alpha value is -1.06. The third-order valence-corrected chi connectivity index (χ3v) is 2.75. The van der Waals surface area contributed by atoms with Gasteiger partial charge in [0.1, 0.15) is 5.75 Å². The predicted octanol–water partition coefficient (Wildman–Crippen LogP) is 2.77. The molecule has 0 atom stereocenters. The third kappa shape index (κ3) is 5.07. The van der Waals surface area contributed by atoms with Crippen molar-refractivity contribution in [2.45, 2.75) is 34.2 Å². The van der Waals surface area contributed by atoms with Crippen molar-refractivity contribution in [3.05, 3.63) is 28.8 Å². The van der Waals surface area contributed by atoms with Crippen LogP contribution >= 0.6 is 0 Å². The van der Waals surface area contributed by atoms with E-state index < -0.39 is 0 Å². The van der Waals surface area contributed by atoms with Gasteiger partial charge in [0.25, 0.3) is 0 Å². The zero-order chi connectivity index (χ0) is 13.5. The van der Waals surface area contributed by atoms with Crippen LogP contribution < -0.4 is 5.32 Å². The normalized spacial score (nSPS) is 11.2. The van der Waals surface area contributed by atoms with Gasteiger partial charge in [0.05, 0.1) is 6.61 Å². The van der Waals surface area contributed by atoms with Gasteiger partial charge in [0.15, 0.2) is 0 Å². The van der Waals surface area contributed by atoms with Gasteiger partial charge in [-0.15, -0.1) is 0 Å². The summed E-state index contributed by atoms with van der Waals surface area (Å²) >= 11 is 0. The minimum Gasteiger partial charge on any atom is -0.507 e. The maximum Gasteiger partial charge on any atom is 0.121 e. The number of phenolic OH excluding ortho intramolecular Hbond substituents is 1. The van der Waals surface area contributed by atoms with Crippen LogP contribution in [0.5, 0.6) is 5.75 Å². The first kappa shape index (κ1) is 15.0. The molecule has 3 heteroatoms. The number of benzene rings is 1. The summed E-state index contributed by atoms with van der Waals surface area (Å²) in [5, 5.41) is 13.0. The molecule has 1 rings (SSSR count). The molecule has 0 aliphatic carbocycles. The molecule has 0 unspecified atom stereocenters. The van der Waals surface area contributed by atoms with Crippen LogP contribution in [-0.4, -0.2) is 24.9 Å². The van der Waals surface area contributed by atoms with E-state index in [-0.39, 0.29) is 0 Å². The summed E-state index contributed by atoms with van der Waals surface area (Å²) in [6.07, 6.45) is 0. The average molecular weight is 251 g/mol. The fourth-order valence-corrected chi connectivity index (χ4v) is 1.84. The fraction of sp³-hybridized carbons (Fsp3) is 0.600. The highest BCUT2D eigenvalue weighted by atomic mass is 16.5. The first-order chi connectivity index (χ1) is 8.50. The van der Waals surface area contributed by atoms with Crippen molar-refractivity contribution in [3.8, 4) is 5.75 Å². The molecule has 0 spiro atoms. The summed E-state index contributed by atoms with van der Waals surface area (Å²) in [6.45, 7) is 11.4. The summed E-state index contributed by atoms with van der Waals surface area (Å²) in [4.78, 5) is 0. The van der Waals surface area contributed by atoms with Crippen molar-refractivity contribution in [2.24, 2.45) is 5.92 Å². The van der Waals surface area contributed by atoms with Gasteiger partial charge in [-0.05, 0) is 36.5 Å². The monoisotopic (exact) mass is 251 g/mol. The van der Waals surface area contributed by atoms with Gasteiger partial charge in [0.2, 0.25) is 0 Å². The molecule has 3 nitrogen and oxygen atoms in total. The Bertz CT molecular complexity index is 352. The van der Waals surface area contributed by atoms with Gasteiger partial charge in [-0.25, -0.2) is 0 Å². The second kappa shape index (κ2) is 7.39. The number of aromatic hydroxyl groups is 1. The quantitative estimate of drug-likeness (QED) is 0.732. The third-order valence-electron chi connectivity index (χ3n) is 2.75. The Morgan fingerprint density at radius 1 is 1.22 bits per heavy atom. The molecule has 0 amide bonds. The number of aryl methyl sites for hydroxylation is 2. The molecule has 0 radical (unpaired) electrons. The van der Waals surface area contributed by atoms with Gasteiger partial charge in [-0.2, -0.15) is 0 Å². The largest absolute Gasteiger partial charge is 0.507 e. The molecule has 0 saturated heterocycles. The second-order valence-electron chi connectivity index (χ2n) is 5.22. The molecule has 0 fully saturated rings. The van der Waals surface area contributed by atoms with E-state index in [1.54, 1.807) is 0 Å². The number of hydrogen-bond donors (Lipinski definition) is 2. The minimum absolute atomic E-state index is 0.402. The first-order valence-electron chi connectivity index (χ1n) is 6.58. The molecule has 0 saturated carbocycles. The van der Waals surface area contributed by atoms with Crippen molar-refractivity contribution in [2.75, 3.05) is 19.8 Å². The summed E-state index contributed by atoms with van der Waals surface area (Å²) in [7, 11) is 0. The molecule has 1 aromatic carbocycles. The zero-order valence-electron chi connectivity index (χ0n) is 11.9. The van der Waals surface area contributed by atoms with E-state index in [4.69, 9.17) is 4.74 Å². The van der Waals surface area contributed by atoms with Crippen LogP contribution in [0.2, 0.25) is 0 Å². The standard InChI is InChI=1S/C15H25NO2/c1-11(2)10-18-6-5-16-9-14-7-12(3)15(17)13(4)8-14/h7-8,11,16-17H,5-6,9-10H2,1-4H3. The van der Waals surface area contributed by atoms with E-state index in [9.17, 15) is 5.11 Å². The van der Waals surface area contributed by atoms with Crippen LogP contribution in [0, 0.1) is 19.8 Å². The van der Waals surface area contributed by atoms with Crippen molar-refractivity contribution in [1.29, 1.82) is 0 Å². The van der Waals surface area contributed by atoms with Crippen molar-refractivity contribution < 1.29 is 9.84 Å². The fourth-order valence-electron chi connectivity index (χ4n) is 1.84. The van der Waals surface area contributed by atoms with E-state index in [2.05, 4.69) is 19.2 Å². The molecule has 0 aromatic heterocycles. The highest BCUT2D eigenvalue weighted by molar-refractivity contribution is 5.42. The van der Waals surface area contributed by atoms with E-state index in [1.165, 1.54) is 5.56 Å². The van der Waals surface area contributed by atoms with Crippen molar-refractivity contribution in [1.82, 2.24) is 5.32 Å². The Kier molecular flexibility index (Phi) is 6.16. The minimum atomic E-state index is 0.402. The maximum absolute atomic E-state index is 9.68. The molecule has 1 aromatic rings. The van der Waals surface area contributed by atoms with Crippen LogP contribution in [0.4, 0.5) is 0 Å². The number of nitrogens with one attached hydrogen (secondary N) is 1. The highest BCUT2D eigenvalue weighted by Gasteiger charge is 2.03. The van der Waals surface area contributed by atoms with Gasteiger partial charge in [0, 0.05) is 19.7 Å². The molecule has 0 heterocycles. The molecule has 0 aliphatic heterocycles. The lowest BCUT2D eigenvalue weighted by Crippen LogP contribution is -2.20. The molecule has 0 aliphatic rings. The summed E-state index contributed by atoms with van der Waals surface area (Å²) in [5.41, 5.74) is 3.07. The Labute approximate surface area is 110 Å². The van der Waals surface area contributed by atoms with Gasteiger partial charge < -0.3 is 15.2 Å². The lowest BCUT2D eigenvalue weighted by atomic mass is 10.1. The van der Waals surface area contributed by atoms with E-state index in [0.717, 1.165) is 37.4 Å². The van der Waals surface area contributed by atoms with Crippen LogP contribution in [0.1, 0.15) is 30.5 Å². The Balaban J connectivity index is 2.27. The Morgan fingerprint density at radius 3 is 2.39 bits per heavy atom. The zero-order valence-corrected chi connectivity index (χ0v) is 11.9.